The van der Waals surface area contributed by atoms with Gasteiger partial charge in [-0.15, -0.1) is 0 Å². The summed E-state index contributed by atoms with van der Waals surface area (Å²) in [5.41, 5.74) is 19.6. The van der Waals surface area contributed by atoms with Gasteiger partial charge < -0.3 is 5.73 Å². The van der Waals surface area contributed by atoms with Gasteiger partial charge >= 0.3 is 0 Å². The molecule has 5 aliphatic heterocycles. The number of nitrogens with two attached hydrogens (primary N) is 1. The van der Waals surface area contributed by atoms with Crippen LogP contribution >= 0.6 is 0 Å². The molecule has 213 valence electrons. The Hall–Kier alpha value is -5.42. The van der Waals surface area contributed by atoms with Gasteiger partial charge in [-0.05, 0) is 83.5 Å². The largest absolute Gasteiger partial charge is 0.399 e. The van der Waals surface area contributed by atoms with Crippen LogP contribution in [0.25, 0.3) is 16.7 Å². The number of fused-ring (bicyclic) bond motifs is 4. The molecule has 8 bridgehead atoms. The predicted molar refractivity (Wildman–Crippen MR) is 179 cm³/mol. The fraction of sp³-hybridized carbons (Fsp3) is 0. The van der Waals surface area contributed by atoms with Gasteiger partial charge in [0.25, 0.3) is 0 Å². The summed E-state index contributed by atoms with van der Waals surface area (Å²) in [6, 6.07) is 28.5. The Morgan fingerprint density at radius 1 is 0.455 bits per heavy atom. The Morgan fingerprint density at radius 2 is 1.05 bits per heavy atom. The number of nitrogen functional groups attached to an aromatic ring is 1. The minimum Gasteiger partial charge on any atom is -0.399 e. The summed E-state index contributed by atoms with van der Waals surface area (Å²) in [7, 11) is 0. The third-order valence-corrected chi connectivity index (χ3v) is 7.72. The number of allylic oxidation sites excluding steroid dienone is 12. The fourth-order valence-electron chi connectivity index (χ4n) is 5.72. The zero-order valence-electron chi connectivity index (χ0n) is 23.4. The van der Waals surface area contributed by atoms with Crippen LogP contribution in [0.1, 0.15) is 16.7 Å². The SMILES string of the molecule is Nc1ccc(C2=CC3=CC4=NC(=C(c5ccccc5)C5=NC(=CC6=NC(=C(c7ccccc7)C2=N3)C=C6)C=C5)C=C4)cc1.[Cu]. The molecule has 0 atom stereocenters. The van der Waals surface area contributed by atoms with Crippen molar-refractivity contribution in [2.45, 2.75) is 0 Å². The molecule has 1 radical (unpaired) electrons. The molecule has 5 aliphatic rings. The second kappa shape index (κ2) is 11.3. The van der Waals surface area contributed by atoms with E-state index < -0.39 is 0 Å². The first-order valence-electron chi connectivity index (χ1n) is 14.2. The van der Waals surface area contributed by atoms with Crippen molar-refractivity contribution in [2.24, 2.45) is 20.0 Å². The quantitative estimate of drug-likeness (QED) is 0.238. The van der Waals surface area contributed by atoms with Gasteiger partial charge in [-0.25, -0.2) is 20.0 Å². The third-order valence-electron chi connectivity index (χ3n) is 7.72. The molecule has 2 N–H and O–H groups in total. The predicted octanol–water partition coefficient (Wildman–Crippen LogP) is 7.74. The molecular formula is C38H25CuN5. The summed E-state index contributed by atoms with van der Waals surface area (Å²) in [4.78, 5) is 20.4. The summed E-state index contributed by atoms with van der Waals surface area (Å²) in [6.07, 6.45) is 18.5. The Morgan fingerprint density at radius 3 is 1.70 bits per heavy atom. The first-order valence-corrected chi connectivity index (χ1v) is 14.2. The van der Waals surface area contributed by atoms with Gasteiger partial charge in [0, 0.05) is 39.5 Å². The Kier molecular flexibility index (Phi) is 7.07. The van der Waals surface area contributed by atoms with Gasteiger partial charge in [0.2, 0.25) is 0 Å². The molecule has 0 unspecified atom stereocenters. The van der Waals surface area contributed by atoms with Crippen LogP contribution in [0, 0.1) is 0 Å². The van der Waals surface area contributed by atoms with Gasteiger partial charge in [0.05, 0.1) is 45.6 Å². The molecule has 5 nitrogen and oxygen atoms in total. The van der Waals surface area contributed by atoms with E-state index in [-0.39, 0.29) is 17.1 Å². The maximum atomic E-state index is 6.06. The van der Waals surface area contributed by atoms with Crippen molar-refractivity contribution in [1.29, 1.82) is 0 Å². The topological polar surface area (TPSA) is 75.5 Å². The number of anilines is 1. The number of aliphatic imine (C=N–C) groups is 4. The normalized spacial score (nSPS) is 18.0. The Bertz CT molecular complexity index is 2080. The summed E-state index contributed by atoms with van der Waals surface area (Å²) < 4.78 is 0. The standard InChI is InChI=1S/C38H25N5.Cu/c39-27-13-11-24(12-14-27)32-23-31-22-30-16-19-34(41-30)36(25-7-3-1-4-8-25)33-18-15-28(40-33)21-29-17-20-35(42-29)37(38(32)43-31)26-9-5-2-6-10-26;/h1-23H,39H2;. The smallest absolute Gasteiger partial charge is 0.0816 e. The maximum Gasteiger partial charge on any atom is 0.0816 e. The molecule has 0 amide bonds. The van der Waals surface area contributed by atoms with Crippen LogP contribution in [0.2, 0.25) is 0 Å². The zero-order chi connectivity index (χ0) is 28.8. The molecule has 44 heavy (non-hydrogen) atoms. The van der Waals surface area contributed by atoms with Crippen molar-refractivity contribution in [1.82, 2.24) is 0 Å². The van der Waals surface area contributed by atoms with Crippen LogP contribution in [0.15, 0.2) is 182 Å². The monoisotopic (exact) mass is 614 g/mol. The van der Waals surface area contributed by atoms with Gasteiger partial charge in [0.1, 0.15) is 0 Å². The van der Waals surface area contributed by atoms with E-state index in [1.54, 1.807) is 0 Å². The molecular weight excluding hydrogens is 590 g/mol. The average Bonchev–Trinajstić information content (AvgIpc) is 3.85. The second-order valence-electron chi connectivity index (χ2n) is 10.6. The fourth-order valence-corrected chi connectivity index (χ4v) is 5.72. The molecule has 3 aromatic rings. The summed E-state index contributed by atoms with van der Waals surface area (Å²) in [5.74, 6) is 0. The first kappa shape index (κ1) is 27.4. The molecule has 6 heteroatoms. The minimum atomic E-state index is 0. The Balaban J connectivity index is 0.00000312. The van der Waals surface area contributed by atoms with Gasteiger partial charge in [-0.2, -0.15) is 0 Å². The van der Waals surface area contributed by atoms with E-state index >= 15 is 0 Å². The van der Waals surface area contributed by atoms with Crippen molar-refractivity contribution in [3.63, 3.8) is 0 Å². The minimum absolute atomic E-state index is 0. The molecule has 5 heterocycles. The van der Waals surface area contributed by atoms with Crippen molar-refractivity contribution >= 4 is 45.3 Å². The van der Waals surface area contributed by atoms with Crippen molar-refractivity contribution < 1.29 is 17.1 Å². The van der Waals surface area contributed by atoms with Crippen LogP contribution in [-0.4, -0.2) is 22.8 Å². The van der Waals surface area contributed by atoms with Crippen molar-refractivity contribution in [2.75, 3.05) is 5.73 Å². The number of hydrogen-bond acceptors (Lipinski definition) is 5. The van der Waals surface area contributed by atoms with E-state index in [2.05, 4.69) is 48.6 Å². The first-order chi connectivity index (χ1) is 21.2. The number of rotatable bonds is 3. The molecule has 0 spiro atoms. The second-order valence-corrected chi connectivity index (χ2v) is 10.6. The van der Waals surface area contributed by atoms with Crippen LogP contribution in [-0.2, 0) is 17.1 Å². The van der Waals surface area contributed by atoms with Gasteiger partial charge in [-0.3, -0.25) is 0 Å². The van der Waals surface area contributed by atoms with E-state index in [1.807, 2.05) is 91.0 Å². The van der Waals surface area contributed by atoms with Gasteiger partial charge in [-0.1, -0.05) is 72.8 Å². The van der Waals surface area contributed by atoms with E-state index in [1.165, 1.54) is 0 Å². The average molecular weight is 615 g/mol. The molecule has 3 aromatic carbocycles. The summed E-state index contributed by atoms with van der Waals surface area (Å²) >= 11 is 0. The van der Waals surface area contributed by atoms with Crippen LogP contribution < -0.4 is 5.73 Å². The number of benzene rings is 3. The third kappa shape index (κ3) is 5.07. The van der Waals surface area contributed by atoms with Crippen LogP contribution in [0.3, 0.4) is 0 Å². The van der Waals surface area contributed by atoms with E-state index in [9.17, 15) is 0 Å². The van der Waals surface area contributed by atoms with E-state index in [0.717, 1.165) is 84.7 Å². The van der Waals surface area contributed by atoms with Crippen LogP contribution in [0.4, 0.5) is 5.69 Å². The molecule has 0 aromatic heterocycles. The van der Waals surface area contributed by atoms with E-state index in [4.69, 9.17) is 25.7 Å². The van der Waals surface area contributed by atoms with E-state index in [0.29, 0.717) is 0 Å². The zero-order valence-corrected chi connectivity index (χ0v) is 24.4. The van der Waals surface area contributed by atoms with Crippen molar-refractivity contribution in [3.8, 4) is 0 Å². The summed E-state index contributed by atoms with van der Waals surface area (Å²) in [5, 5.41) is 0. The Labute approximate surface area is 266 Å². The molecule has 0 saturated heterocycles. The summed E-state index contributed by atoms with van der Waals surface area (Å²) in [6.45, 7) is 0. The molecule has 8 rings (SSSR count). The van der Waals surface area contributed by atoms with Crippen LogP contribution in [0.5, 0.6) is 0 Å². The molecule has 0 fully saturated rings. The number of hydrogen-bond donors (Lipinski definition) is 1. The maximum absolute atomic E-state index is 6.06. The van der Waals surface area contributed by atoms with Gasteiger partial charge in [0.15, 0.2) is 0 Å². The molecule has 0 aliphatic carbocycles. The number of nitrogens with zero attached hydrogens (tertiary/aromatic N) is 4. The molecule has 0 saturated carbocycles. The van der Waals surface area contributed by atoms with Crippen molar-refractivity contribution in [3.05, 3.63) is 179 Å².